The maximum atomic E-state index is 13.6. The lowest BCUT2D eigenvalue weighted by Crippen LogP contribution is -2.72. The van der Waals surface area contributed by atoms with Crippen molar-refractivity contribution in [1.29, 1.82) is 5.26 Å². The van der Waals surface area contributed by atoms with Crippen LogP contribution in [-0.2, 0) is 14.9 Å². The van der Waals surface area contributed by atoms with Gasteiger partial charge in [-0.05, 0) is 45.9 Å². The lowest BCUT2D eigenvalue weighted by molar-refractivity contribution is -0.178. The summed E-state index contributed by atoms with van der Waals surface area (Å²) in [7, 11) is 3.65. The van der Waals surface area contributed by atoms with Gasteiger partial charge in [-0.2, -0.15) is 5.26 Å². The summed E-state index contributed by atoms with van der Waals surface area (Å²) in [5, 5.41) is 9.42. The highest BCUT2D eigenvalue weighted by Crippen LogP contribution is 2.56. The third-order valence-electron chi connectivity index (χ3n) is 8.87. The van der Waals surface area contributed by atoms with Gasteiger partial charge in [0.15, 0.2) is 5.60 Å². The first-order valence-corrected chi connectivity index (χ1v) is 13.1. The number of aromatic nitrogens is 3. The maximum Gasteiger partial charge on any atom is 0.257 e. The van der Waals surface area contributed by atoms with Gasteiger partial charge in [0.05, 0.1) is 11.6 Å². The van der Waals surface area contributed by atoms with E-state index in [9.17, 15) is 10.1 Å². The third-order valence-corrected chi connectivity index (χ3v) is 8.87. The van der Waals surface area contributed by atoms with Gasteiger partial charge in [-0.1, -0.05) is 6.42 Å². The van der Waals surface area contributed by atoms with Crippen LogP contribution in [0, 0.1) is 11.3 Å². The molecule has 1 aliphatic carbocycles. The van der Waals surface area contributed by atoms with Crippen LogP contribution >= 0.6 is 0 Å². The maximum absolute atomic E-state index is 13.6. The fourth-order valence-electron chi connectivity index (χ4n) is 6.70. The largest absolute Gasteiger partial charge is 0.366 e. The van der Waals surface area contributed by atoms with Gasteiger partial charge in [0.25, 0.3) is 5.91 Å². The van der Waals surface area contributed by atoms with Crippen molar-refractivity contribution in [2.75, 3.05) is 56.7 Å². The van der Waals surface area contributed by atoms with Crippen LogP contribution in [0.3, 0.4) is 0 Å². The Morgan fingerprint density at radius 1 is 1.11 bits per heavy atom. The number of likely N-dealkylation sites (tertiary alicyclic amines) is 1. The molecule has 2 aromatic rings. The molecular formula is C27H34N8O2. The normalized spacial score (nSPS) is 25.9. The first-order chi connectivity index (χ1) is 17.8. The van der Waals surface area contributed by atoms with Crippen molar-refractivity contribution < 1.29 is 9.53 Å². The predicted molar refractivity (Wildman–Crippen MR) is 139 cm³/mol. The fourth-order valence-corrected chi connectivity index (χ4v) is 6.70. The van der Waals surface area contributed by atoms with Gasteiger partial charge in [0, 0.05) is 69.1 Å². The molecule has 2 atom stereocenters. The van der Waals surface area contributed by atoms with Crippen molar-refractivity contribution in [2.24, 2.45) is 0 Å². The Labute approximate surface area is 217 Å². The Balaban J connectivity index is 1.32. The Morgan fingerprint density at radius 2 is 1.86 bits per heavy atom. The number of piperazine rings is 1. The lowest BCUT2D eigenvalue weighted by atomic mass is 9.66. The van der Waals surface area contributed by atoms with Crippen molar-refractivity contribution in [3.05, 3.63) is 35.8 Å². The SMILES string of the molecule is COC1(C(=O)N2C[C@H](C)N(c3ncnc4c3C3(CCC3)CN4c3cc(C#N)ccn3)C[C@H]2C)CN(C)C1. The van der Waals surface area contributed by atoms with E-state index in [0.717, 1.165) is 36.8 Å². The second-order valence-electron chi connectivity index (χ2n) is 11.3. The van der Waals surface area contributed by atoms with Crippen molar-refractivity contribution in [3.8, 4) is 6.07 Å². The molecule has 194 valence electrons. The van der Waals surface area contributed by atoms with Crippen LogP contribution in [0.15, 0.2) is 24.7 Å². The van der Waals surface area contributed by atoms with Crippen LogP contribution in [0.2, 0.25) is 0 Å². The number of rotatable bonds is 4. The molecule has 2 aromatic heterocycles. The van der Waals surface area contributed by atoms with Gasteiger partial charge >= 0.3 is 0 Å². The molecule has 0 unspecified atom stereocenters. The van der Waals surface area contributed by atoms with Crippen LogP contribution in [0.5, 0.6) is 0 Å². The molecule has 1 saturated carbocycles. The van der Waals surface area contributed by atoms with E-state index < -0.39 is 5.60 Å². The summed E-state index contributed by atoms with van der Waals surface area (Å²) in [4.78, 5) is 36.4. The molecule has 10 heteroatoms. The summed E-state index contributed by atoms with van der Waals surface area (Å²) in [5.74, 6) is 2.70. The Kier molecular flexibility index (Phi) is 5.62. The molecule has 5 heterocycles. The van der Waals surface area contributed by atoms with Crippen molar-refractivity contribution in [1.82, 2.24) is 24.8 Å². The molecule has 0 bridgehead atoms. The number of fused-ring (bicyclic) bond motifs is 2. The van der Waals surface area contributed by atoms with Crippen LogP contribution < -0.4 is 9.80 Å². The average molecular weight is 503 g/mol. The first-order valence-electron chi connectivity index (χ1n) is 13.1. The van der Waals surface area contributed by atoms with E-state index in [1.54, 1.807) is 25.7 Å². The number of hydrogen-bond acceptors (Lipinski definition) is 9. The molecule has 1 amide bonds. The molecule has 37 heavy (non-hydrogen) atoms. The first kappa shape index (κ1) is 24.1. The Bertz CT molecular complexity index is 1270. The van der Waals surface area contributed by atoms with Crippen molar-refractivity contribution in [3.63, 3.8) is 0 Å². The molecule has 1 spiro atoms. The van der Waals surface area contributed by atoms with Crippen LogP contribution in [-0.4, -0.2) is 95.2 Å². The predicted octanol–water partition coefficient (Wildman–Crippen LogP) is 2.07. The second kappa shape index (κ2) is 8.64. The minimum absolute atomic E-state index is 0.0111. The lowest BCUT2D eigenvalue weighted by Gasteiger charge is -2.52. The summed E-state index contributed by atoms with van der Waals surface area (Å²) in [5.41, 5.74) is 1.04. The number of anilines is 3. The summed E-state index contributed by atoms with van der Waals surface area (Å²) in [6, 6.07) is 5.90. The number of methoxy groups -OCH3 is 1. The summed E-state index contributed by atoms with van der Waals surface area (Å²) >= 11 is 0. The zero-order valence-electron chi connectivity index (χ0n) is 22.0. The summed E-state index contributed by atoms with van der Waals surface area (Å²) in [6.45, 7) is 7.66. The van der Waals surface area contributed by atoms with Gasteiger partial charge in [-0.3, -0.25) is 9.69 Å². The van der Waals surface area contributed by atoms with E-state index in [-0.39, 0.29) is 23.4 Å². The zero-order valence-corrected chi connectivity index (χ0v) is 22.0. The smallest absolute Gasteiger partial charge is 0.257 e. The molecule has 6 rings (SSSR count). The number of carbonyl (C=O) groups excluding carboxylic acids is 1. The van der Waals surface area contributed by atoms with Crippen molar-refractivity contribution >= 4 is 23.4 Å². The van der Waals surface area contributed by atoms with Gasteiger partial charge in [0.1, 0.15) is 23.8 Å². The molecule has 2 saturated heterocycles. The molecule has 3 fully saturated rings. The molecule has 0 N–H and O–H groups in total. The number of nitriles is 1. The number of likely N-dealkylation sites (N-methyl/N-ethyl adjacent to an activating group) is 1. The van der Waals surface area contributed by atoms with E-state index in [2.05, 4.69) is 39.6 Å². The number of nitrogens with zero attached hydrogens (tertiary/aromatic N) is 8. The van der Waals surface area contributed by atoms with Crippen LogP contribution in [0.4, 0.5) is 17.5 Å². The molecule has 0 radical (unpaired) electrons. The number of hydrogen-bond donors (Lipinski definition) is 0. The standard InChI is InChI=1S/C27H34N8O2/c1-18-13-34(25(36)27(37-4)15-32(3)16-27)19(2)12-33(18)23-22-24(31-17-30-23)35(14-26(22)7-5-8-26)21-10-20(11-28)6-9-29-21/h6,9-10,17-19H,5,7-8,12-16H2,1-4H3/t18-,19+/m0/s1. The third kappa shape index (κ3) is 3.59. The van der Waals surface area contributed by atoms with E-state index in [4.69, 9.17) is 14.7 Å². The Morgan fingerprint density at radius 3 is 2.51 bits per heavy atom. The fraction of sp³-hybridized carbons (Fsp3) is 0.593. The van der Waals surface area contributed by atoms with Gasteiger partial charge in [-0.25, -0.2) is 15.0 Å². The second-order valence-corrected chi connectivity index (χ2v) is 11.3. The average Bonchev–Trinajstić information content (AvgIpc) is 3.24. The number of amides is 1. The summed E-state index contributed by atoms with van der Waals surface area (Å²) in [6.07, 6.45) is 6.68. The highest BCUT2D eigenvalue weighted by atomic mass is 16.5. The highest BCUT2D eigenvalue weighted by molar-refractivity contribution is 5.88. The monoisotopic (exact) mass is 502 g/mol. The highest BCUT2D eigenvalue weighted by Gasteiger charge is 2.54. The number of carbonyl (C=O) groups is 1. The van der Waals surface area contributed by atoms with E-state index >= 15 is 0 Å². The Hall–Kier alpha value is -3.29. The number of pyridine rings is 1. The van der Waals surface area contributed by atoms with Gasteiger partial charge in [0.2, 0.25) is 0 Å². The molecule has 4 aliphatic rings. The van der Waals surface area contributed by atoms with Gasteiger partial charge < -0.3 is 19.4 Å². The van der Waals surface area contributed by atoms with Crippen LogP contribution in [0.1, 0.15) is 44.2 Å². The van der Waals surface area contributed by atoms with E-state index in [0.29, 0.717) is 31.7 Å². The molecule has 3 aliphatic heterocycles. The van der Waals surface area contributed by atoms with E-state index in [1.165, 1.54) is 12.0 Å². The van der Waals surface area contributed by atoms with E-state index in [1.807, 2.05) is 18.0 Å². The minimum atomic E-state index is -0.734. The van der Waals surface area contributed by atoms with Gasteiger partial charge in [-0.15, -0.1) is 0 Å². The molecule has 0 aromatic carbocycles. The molecule has 10 nitrogen and oxygen atoms in total. The van der Waals surface area contributed by atoms with Crippen molar-refractivity contribution in [2.45, 2.75) is 56.2 Å². The number of ether oxygens (including phenoxy) is 1. The summed E-state index contributed by atoms with van der Waals surface area (Å²) < 4.78 is 5.74. The van der Waals surface area contributed by atoms with Crippen LogP contribution in [0.25, 0.3) is 0 Å². The molecular weight excluding hydrogens is 468 g/mol. The topological polar surface area (TPSA) is 102 Å². The quantitative estimate of drug-likeness (QED) is 0.622. The zero-order chi connectivity index (χ0) is 25.9. The minimum Gasteiger partial charge on any atom is -0.366 e.